The molecule has 0 aliphatic heterocycles. The maximum absolute atomic E-state index is 10.6. The van der Waals surface area contributed by atoms with Gasteiger partial charge in [-0.05, 0) is 6.07 Å². The number of nitro benzene ring substituents is 1. The van der Waals surface area contributed by atoms with Gasteiger partial charge in [0.05, 0.1) is 23.7 Å². The van der Waals surface area contributed by atoms with Crippen LogP contribution < -0.4 is 4.74 Å². The van der Waals surface area contributed by atoms with E-state index in [-0.39, 0.29) is 11.6 Å². The Hall–Kier alpha value is -2.44. The Morgan fingerprint density at radius 3 is 2.88 bits per heavy atom. The topological polar surface area (TPSA) is 91.3 Å². The van der Waals surface area contributed by atoms with Crippen molar-refractivity contribution >= 4 is 5.69 Å². The predicted molar refractivity (Wildman–Crippen MR) is 52.9 cm³/mol. The number of ether oxygens (including phenoxy) is 1. The molecule has 0 unspecified atom stereocenters. The monoisotopic (exact) mass is 221 g/mol. The number of non-ortho nitro benzene ring substituents is 1. The smallest absolute Gasteiger partial charge is 0.273 e. The second-order valence-electron chi connectivity index (χ2n) is 2.89. The van der Waals surface area contributed by atoms with Crippen molar-refractivity contribution in [3.05, 3.63) is 34.7 Å². The molecule has 0 spiro atoms. The molecular weight excluding hydrogens is 214 g/mol. The first kappa shape index (κ1) is 10.1. The van der Waals surface area contributed by atoms with E-state index in [2.05, 4.69) is 10.2 Å². The van der Waals surface area contributed by atoms with Gasteiger partial charge in [0.25, 0.3) is 11.6 Å². The van der Waals surface area contributed by atoms with Crippen LogP contribution >= 0.6 is 0 Å². The molecule has 0 bridgehead atoms. The molecule has 0 saturated heterocycles. The van der Waals surface area contributed by atoms with Gasteiger partial charge in [0.2, 0.25) is 6.39 Å². The lowest BCUT2D eigenvalue weighted by Crippen LogP contribution is -1.92. The predicted octanol–water partition coefficient (Wildman–Crippen LogP) is 1.65. The average molecular weight is 221 g/mol. The molecule has 1 heterocycles. The summed E-state index contributed by atoms with van der Waals surface area (Å²) in [7, 11) is 1.42. The van der Waals surface area contributed by atoms with E-state index in [1.54, 1.807) is 0 Å². The highest BCUT2D eigenvalue weighted by Crippen LogP contribution is 2.31. The Morgan fingerprint density at radius 2 is 2.31 bits per heavy atom. The molecule has 0 saturated carbocycles. The van der Waals surface area contributed by atoms with Gasteiger partial charge in [0, 0.05) is 6.07 Å². The summed E-state index contributed by atoms with van der Waals surface area (Å²) in [4.78, 5) is 10.1. The van der Waals surface area contributed by atoms with Crippen molar-refractivity contribution in [1.82, 2.24) is 10.2 Å². The third-order valence-electron chi connectivity index (χ3n) is 1.99. The molecule has 1 aromatic carbocycles. The lowest BCUT2D eigenvalue weighted by Gasteiger charge is -2.03. The molecule has 0 aliphatic rings. The minimum absolute atomic E-state index is 0.0554. The molecule has 2 aromatic rings. The van der Waals surface area contributed by atoms with Crippen LogP contribution in [0.1, 0.15) is 0 Å². The van der Waals surface area contributed by atoms with E-state index in [1.807, 2.05) is 0 Å². The maximum atomic E-state index is 10.6. The highest BCUT2D eigenvalue weighted by Gasteiger charge is 2.15. The molecule has 0 aliphatic carbocycles. The number of nitrogens with zero attached hydrogens (tertiary/aromatic N) is 3. The van der Waals surface area contributed by atoms with E-state index in [9.17, 15) is 10.1 Å². The second kappa shape index (κ2) is 3.97. The fourth-order valence-corrected chi connectivity index (χ4v) is 1.26. The molecule has 0 radical (unpaired) electrons. The number of rotatable bonds is 3. The minimum atomic E-state index is -0.500. The molecule has 82 valence electrons. The van der Waals surface area contributed by atoms with Gasteiger partial charge in [0.1, 0.15) is 5.75 Å². The van der Waals surface area contributed by atoms with Crippen molar-refractivity contribution in [2.75, 3.05) is 7.11 Å². The van der Waals surface area contributed by atoms with E-state index in [1.165, 1.54) is 31.7 Å². The van der Waals surface area contributed by atoms with Crippen LogP contribution in [0.3, 0.4) is 0 Å². The minimum Gasteiger partial charge on any atom is -0.496 e. The molecule has 7 nitrogen and oxygen atoms in total. The van der Waals surface area contributed by atoms with Gasteiger partial charge in [-0.25, -0.2) is 0 Å². The van der Waals surface area contributed by atoms with E-state index < -0.39 is 4.92 Å². The van der Waals surface area contributed by atoms with Crippen LogP contribution in [-0.4, -0.2) is 22.2 Å². The zero-order valence-corrected chi connectivity index (χ0v) is 8.28. The first-order valence-corrected chi connectivity index (χ1v) is 4.31. The van der Waals surface area contributed by atoms with Crippen LogP contribution in [0.5, 0.6) is 5.75 Å². The maximum Gasteiger partial charge on any atom is 0.273 e. The molecule has 16 heavy (non-hydrogen) atoms. The quantitative estimate of drug-likeness (QED) is 0.578. The summed E-state index contributed by atoms with van der Waals surface area (Å²) in [5.41, 5.74) is 0.464. The zero-order chi connectivity index (χ0) is 11.5. The van der Waals surface area contributed by atoms with Gasteiger partial charge in [-0.1, -0.05) is 0 Å². The summed E-state index contributed by atoms with van der Waals surface area (Å²) >= 11 is 0. The summed E-state index contributed by atoms with van der Waals surface area (Å²) in [5.74, 6) is 0.574. The van der Waals surface area contributed by atoms with Crippen molar-refractivity contribution in [2.24, 2.45) is 0 Å². The van der Waals surface area contributed by atoms with Crippen LogP contribution in [0.25, 0.3) is 11.5 Å². The molecular formula is C9H7N3O4. The summed E-state index contributed by atoms with van der Waals surface area (Å²) in [6.45, 7) is 0. The third-order valence-corrected chi connectivity index (χ3v) is 1.99. The third kappa shape index (κ3) is 1.70. The fraction of sp³-hybridized carbons (Fsp3) is 0.111. The van der Waals surface area contributed by atoms with Crippen molar-refractivity contribution in [2.45, 2.75) is 0 Å². The molecule has 0 fully saturated rings. The van der Waals surface area contributed by atoms with Gasteiger partial charge in [-0.3, -0.25) is 10.1 Å². The van der Waals surface area contributed by atoms with E-state index in [4.69, 9.17) is 9.15 Å². The van der Waals surface area contributed by atoms with E-state index >= 15 is 0 Å². The van der Waals surface area contributed by atoms with Gasteiger partial charge in [-0.2, -0.15) is 0 Å². The van der Waals surface area contributed by atoms with Gasteiger partial charge < -0.3 is 9.15 Å². The van der Waals surface area contributed by atoms with Gasteiger partial charge >= 0.3 is 0 Å². The fourth-order valence-electron chi connectivity index (χ4n) is 1.26. The summed E-state index contributed by atoms with van der Waals surface area (Å²) in [5, 5.41) is 17.8. The zero-order valence-electron chi connectivity index (χ0n) is 8.28. The molecule has 2 rings (SSSR count). The van der Waals surface area contributed by atoms with Crippen LogP contribution in [-0.2, 0) is 0 Å². The first-order valence-electron chi connectivity index (χ1n) is 4.31. The second-order valence-corrected chi connectivity index (χ2v) is 2.89. The standard InChI is InChI=1S/C9H7N3O4/c1-15-8-4-6(12(13)14)2-3-7(8)9-11-10-5-16-9/h2-5H,1H3. The molecule has 7 heteroatoms. The van der Waals surface area contributed by atoms with Crippen LogP contribution in [0.4, 0.5) is 5.69 Å². The van der Waals surface area contributed by atoms with Crippen molar-refractivity contribution in [3.8, 4) is 17.2 Å². The summed E-state index contributed by atoms with van der Waals surface area (Å²) in [6, 6.07) is 4.16. The number of aromatic nitrogens is 2. The molecule has 0 amide bonds. The number of methoxy groups -OCH3 is 1. The normalized spacial score (nSPS) is 10.1. The van der Waals surface area contributed by atoms with E-state index in [0.29, 0.717) is 11.3 Å². The van der Waals surface area contributed by atoms with Gasteiger partial charge in [0.15, 0.2) is 0 Å². The Balaban J connectivity index is 2.51. The van der Waals surface area contributed by atoms with Crippen LogP contribution in [0, 0.1) is 10.1 Å². The average Bonchev–Trinajstić information content (AvgIpc) is 2.81. The lowest BCUT2D eigenvalue weighted by molar-refractivity contribution is -0.384. The molecule has 1 aromatic heterocycles. The highest BCUT2D eigenvalue weighted by atomic mass is 16.6. The lowest BCUT2D eigenvalue weighted by atomic mass is 10.2. The van der Waals surface area contributed by atoms with Crippen molar-refractivity contribution in [1.29, 1.82) is 0 Å². The van der Waals surface area contributed by atoms with Gasteiger partial charge in [-0.15, -0.1) is 10.2 Å². The van der Waals surface area contributed by atoms with Crippen molar-refractivity contribution < 1.29 is 14.1 Å². The SMILES string of the molecule is COc1cc([N+](=O)[O-])ccc1-c1nnco1. The number of hydrogen-bond acceptors (Lipinski definition) is 6. The van der Waals surface area contributed by atoms with Crippen molar-refractivity contribution in [3.63, 3.8) is 0 Å². The molecule has 0 atom stereocenters. The van der Waals surface area contributed by atoms with Crippen LogP contribution in [0.2, 0.25) is 0 Å². The Labute approximate surface area is 89.8 Å². The summed E-state index contributed by atoms with van der Waals surface area (Å²) in [6.07, 6.45) is 1.18. The Kier molecular flexibility index (Phi) is 2.50. The van der Waals surface area contributed by atoms with E-state index in [0.717, 1.165) is 0 Å². The highest BCUT2D eigenvalue weighted by molar-refractivity contribution is 5.65. The largest absolute Gasteiger partial charge is 0.496 e. The summed E-state index contributed by atoms with van der Waals surface area (Å²) < 4.78 is 10.0. The Bertz CT molecular complexity index is 509. The number of benzene rings is 1. The number of nitro groups is 1. The Morgan fingerprint density at radius 1 is 1.50 bits per heavy atom. The van der Waals surface area contributed by atoms with Crippen LogP contribution in [0.15, 0.2) is 29.0 Å². The molecule has 0 N–H and O–H groups in total. The first-order chi connectivity index (χ1) is 7.72. The number of hydrogen-bond donors (Lipinski definition) is 0.